The van der Waals surface area contributed by atoms with Crippen molar-refractivity contribution in [3.05, 3.63) is 59.7 Å². The third-order valence-electron chi connectivity index (χ3n) is 5.31. The van der Waals surface area contributed by atoms with Gasteiger partial charge in [0, 0.05) is 13.0 Å². The minimum absolute atomic E-state index is 0. The Balaban J connectivity index is 0.00000300. The Bertz CT molecular complexity index is 813. The third kappa shape index (κ3) is 4.89. The fraction of sp³-hybridized carbons (Fsp3) is 0.364. The highest BCUT2D eigenvalue weighted by Gasteiger charge is 2.31. The fourth-order valence-electron chi connectivity index (χ4n) is 3.79. The van der Waals surface area contributed by atoms with Crippen LogP contribution in [0.4, 0.5) is 4.79 Å². The van der Waals surface area contributed by atoms with Crippen LogP contribution < -0.4 is 5.73 Å². The number of fused-ring (bicyclic) bond motifs is 3. The van der Waals surface area contributed by atoms with E-state index < -0.39 is 18.1 Å². The highest BCUT2D eigenvalue weighted by Crippen LogP contribution is 2.44. The van der Waals surface area contributed by atoms with Crippen LogP contribution in [0.1, 0.15) is 36.3 Å². The van der Waals surface area contributed by atoms with E-state index in [2.05, 4.69) is 12.1 Å². The molecule has 0 saturated heterocycles. The van der Waals surface area contributed by atoms with Gasteiger partial charge in [-0.05, 0) is 48.1 Å². The van der Waals surface area contributed by atoms with Crippen LogP contribution in [0.3, 0.4) is 0 Å². The van der Waals surface area contributed by atoms with E-state index in [0.29, 0.717) is 19.4 Å². The lowest BCUT2D eigenvalue weighted by molar-refractivity contribution is -0.142. The number of amides is 1. The molecule has 0 radical (unpaired) electrons. The van der Waals surface area contributed by atoms with Crippen LogP contribution in [-0.2, 0) is 9.53 Å². The van der Waals surface area contributed by atoms with Gasteiger partial charge in [0.2, 0.25) is 0 Å². The van der Waals surface area contributed by atoms with Crippen molar-refractivity contribution in [3.8, 4) is 11.1 Å². The van der Waals surface area contributed by atoms with Gasteiger partial charge in [-0.3, -0.25) is 4.90 Å². The molecular weight excluding hydrogens is 392 g/mol. The van der Waals surface area contributed by atoms with Crippen LogP contribution in [0, 0.1) is 0 Å². The van der Waals surface area contributed by atoms with Crippen molar-refractivity contribution < 1.29 is 19.4 Å². The summed E-state index contributed by atoms with van der Waals surface area (Å²) in [6.07, 6.45) is 1.10. The highest BCUT2D eigenvalue weighted by molar-refractivity contribution is 5.85. The van der Waals surface area contributed by atoms with Crippen molar-refractivity contribution in [1.82, 2.24) is 4.90 Å². The Hall–Kier alpha value is -2.57. The standard InChI is InChI=1S/C22H26N2O4.ClH/c1-24(20(21(25)26)12-6-7-13-23)22(27)28-14-19-17-10-4-2-8-15(17)16-9-3-5-11-18(16)19;/h2-5,8-11,19-20H,6-7,12-14,23H2,1H3,(H,25,26);1H. The number of nitrogens with two attached hydrogens (primary N) is 1. The first-order valence-electron chi connectivity index (χ1n) is 9.55. The molecule has 2 aromatic carbocycles. The molecular formula is C22H27ClN2O4. The predicted octanol–water partition coefficient (Wildman–Crippen LogP) is 3.87. The van der Waals surface area contributed by atoms with Gasteiger partial charge in [-0.2, -0.15) is 0 Å². The smallest absolute Gasteiger partial charge is 0.410 e. The Labute approximate surface area is 177 Å². The maximum atomic E-state index is 12.5. The van der Waals surface area contributed by atoms with Crippen LogP contribution in [0.25, 0.3) is 11.1 Å². The van der Waals surface area contributed by atoms with Crippen LogP contribution in [-0.4, -0.2) is 48.3 Å². The van der Waals surface area contributed by atoms with Gasteiger partial charge >= 0.3 is 12.1 Å². The van der Waals surface area contributed by atoms with Crippen LogP contribution in [0.2, 0.25) is 0 Å². The summed E-state index contributed by atoms with van der Waals surface area (Å²) in [7, 11) is 1.47. The zero-order valence-corrected chi connectivity index (χ0v) is 17.2. The summed E-state index contributed by atoms with van der Waals surface area (Å²) in [5.41, 5.74) is 10.0. The first kappa shape index (κ1) is 22.7. The molecule has 29 heavy (non-hydrogen) atoms. The van der Waals surface area contributed by atoms with Gasteiger partial charge in [-0.15, -0.1) is 12.4 Å². The number of benzene rings is 2. The van der Waals surface area contributed by atoms with Crippen molar-refractivity contribution in [1.29, 1.82) is 0 Å². The number of likely N-dealkylation sites (N-methyl/N-ethyl adjacent to an activating group) is 1. The summed E-state index contributed by atoms with van der Waals surface area (Å²) in [5, 5.41) is 9.45. The normalized spacial score (nSPS) is 13.0. The van der Waals surface area contributed by atoms with E-state index in [0.717, 1.165) is 28.7 Å². The number of halogens is 1. The molecule has 1 amide bonds. The monoisotopic (exact) mass is 418 g/mol. The van der Waals surface area contributed by atoms with Gasteiger partial charge in [0.1, 0.15) is 12.6 Å². The highest BCUT2D eigenvalue weighted by atomic mass is 35.5. The Morgan fingerprint density at radius 3 is 2.14 bits per heavy atom. The van der Waals surface area contributed by atoms with Crippen LogP contribution in [0.15, 0.2) is 48.5 Å². The number of rotatable bonds is 8. The summed E-state index contributed by atoms with van der Waals surface area (Å²) < 4.78 is 5.54. The number of carbonyl (C=O) groups is 2. The van der Waals surface area contributed by atoms with Crippen molar-refractivity contribution in [2.24, 2.45) is 5.73 Å². The molecule has 0 saturated carbocycles. The molecule has 6 nitrogen and oxygen atoms in total. The second-order valence-electron chi connectivity index (χ2n) is 7.05. The molecule has 0 spiro atoms. The number of aliphatic carboxylic acids is 1. The molecule has 156 valence electrons. The fourth-order valence-corrected chi connectivity index (χ4v) is 3.79. The maximum Gasteiger partial charge on any atom is 0.410 e. The van der Waals surface area contributed by atoms with Gasteiger partial charge in [0.15, 0.2) is 0 Å². The Morgan fingerprint density at radius 1 is 1.07 bits per heavy atom. The molecule has 0 fully saturated rings. The number of hydrogen-bond donors (Lipinski definition) is 2. The lowest BCUT2D eigenvalue weighted by atomic mass is 9.98. The Kier molecular flexibility index (Phi) is 8.05. The van der Waals surface area contributed by atoms with Gasteiger partial charge < -0.3 is 15.6 Å². The minimum atomic E-state index is -1.03. The number of carboxylic acids is 1. The summed E-state index contributed by atoms with van der Waals surface area (Å²) in [4.78, 5) is 25.2. The molecule has 1 atom stereocenters. The van der Waals surface area contributed by atoms with E-state index >= 15 is 0 Å². The van der Waals surface area contributed by atoms with Crippen LogP contribution in [0.5, 0.6) is 0 Å². The molecule has 3 N–H and O–H groups in total. The lowest BCUT2D eigenvalue weighted by Crippen LogP contribution is -2.43. The summed E-state index contributed by atoms with van der Waals surface area (Å²) >= 11 is 0. The zero-order valence-electron chi connectivity index (χ0n) is 16.4. The number of hydrogen-bond acceptors (Lipinski definition) is 4. The van der Waals surface area contributed by atoms with Gasteiger partial charge in [-0.25, -0.2) is 9.59 Å². The zero-order chi connectivity index (χ0) is 20.1. The van der Waals surface area contributed by atoms with Gasteiger partial charge in [0.05, 0.1) is 0 Å². The molecule has 0 aromatic heterocycles. The van der Waals surface area contributed by atoms with Crippen LogP contribution >= 0.6 is 12.4 Å². The minimum Gasteiger partial charge on any atom is -0.480 e. The first-order chi connectivity index (χ1) is 13.5. The number of carbonyl (C=O) groups excluding carboxylic acids is 1. The second-order valence-corrected chi connectivity index (χ2v) is 7.05. The lowest BCUT2D eigenvalue weighted by Gasteiger charge is -2.25. The van der Waals surface area contributed by atoms with Gasteiger partial charge in [0.25, 0.3) is 0 Å². The average molecular weight is 419 g/mol. The summed E-state index contributed by atoms with van der Waals surface area (Å²) in [5.74, 6) is -1.08. The summed E-state index contributed by atoms with van der Waals surface area (Å²) in [6, 6.07) is 15.3. The van der Waals surface area contributed by atoms with Gasteiger partial charge in [-0.1, -0.05) is 48.5 Å². The largest absolute Gasteiger partial charge is 0.480 e. The average Bonchev–Trinajstić information content (AvgIpc) is 3.02. The molecule has 1 aliphatic carbocycles. The topological polar surface area (TPSA) is 92.9 Å². The third-order valence-corrected chi connectivity index (χ3v) is 5.31. The number of carboxylic acid groups (broad SMARTS) is 1. The summed E-state index contributed by atoms with van der Waals surface area (Å²) in [6.45, 7) is 0.674. The van der Waals surface area contributed by atoms with E-state index in [9.17, 15) is 14.7 Å². The molecule has 3 rings (SSSR count). The molecule has 0 aliphatic heterocycles. The SMILES string of the molecule is CN(C(=O)OCC1c2ccccc2-c2ccccc21)C(CCCCN)C(=O)O.Cl. The molecule has 0 heterocycles. The Morgan fingerprint density at radius 2 is 1.62 bits per heavy atom. The van der Waals surface area contributed by atoms with E-state index in [1.165, 1.54) is 11.9 Å². The van der Waals surface area contributed by atoms with E-state index in [4.69, 9.17) is 10.5 Å². The molecule has 1 unspecified atom stereocenters. The predicted molar refractivity (Wildman–Crippen MR) is 114 cm³/mol. The van der Waals surface area contributed by atoms with E-state index in [-0.39, 0.29) is 24.9 Å². The molecule has 7 heteroatoms. The number of unbranched alkanes of at least 4 members (excludes halogenated alkanes) is 1. The van der Waals surface area contributed by atoms with Crippen molar-refractivity contribution in [2.75, 3.05) is 20.2 Å². The van der Waals surface area contributed by atoms with E-state index in [1.807, 2.05) is 36.4 Å². The van der Waals surface area contributed by atoms with Crippen molar-refractivity contribution >= 4 is 24.5 Å². The molecule has 1 aliphatic rings. The quantitative estimate of drug-likeness (QED) is 0.635. The second kappa shape index (κ2) is 10.3. The molecule has 2 aromatic rings. The van der Waals surface area contributed by atoms with E-state index in [1.54, 1.807) is 0 Å². The first-order valence-corrected chi connectivity index (χ1v) is 9.55. The number of ether oxygens (including phenoxy) is 1. The number of nitrogens with zero attached hydrogens (tertiary/aromatic N) is 1. The van der Waals surface area contributed by atoms with Crippen molar-refractivity contribution in [2.45, 2.75) is 31.2 Å². The maximum absolute atomic E-state index is 12.5. The van der Waals surface area contributed by atoms with Crippen molar-refractivity contribution in [3.63, 3.8) is 0 Å². The molecule has 0 bridgehead atoms.